The lowest BCUT2D eigenvalue weighted by atomic mass is 10.1. The Morgan fingerprint density at radius 2 is 1.79 bits per heavy atom. The van der Waals surface area contributed by atoms with E-state index in [0.29, 0.717) is 6.07 Å². The smallest absolute Gasteiger partial charge is 0.419 e. The molecule has 33 heavy (non-hydrogen) atoms. The van der Waals surface area contributed by atoms with Crippen molar-refractivity contribution in [2.75, 3.05) is 12.4 Å². The molecule has 0 bridgehead atoms. The molecule has 2 N–H and O–H groups in total. The third kappa shape index (κ3) is 5.59. The second kappa shape index (κ2) is 9.73. The lowest BCUT2D eigenvalue weighted by Crippen LogP contribution is -2.20. The van der Waals surface area contributed by atoms with E-state index in [1.807, 2.05) is 0 Å². The molecular formula is C21H16F5N3O3S. The molecule has 12 heteroatoms. The molecule has 3 rings (SSSR count). The number of pyridine rings is 1. The van der Waals surface area contributed by atoms with Crippen LogP contribution in [-0.4, -0.2) is 22.5 Å². The number of carbonyl (C=O) groups excluding carboxylic acids is 1. The van der Waals surface area contributed by atoms with Crippen molar-refractivity contribution < 1.29 is 36.0 Å². The van der Waals surface area contributed by atoms with Gasteiger partial charge in [0.2, 0.25) is 5.95 Å². The molecule has 0 aliphatic rings. The van der Waals surface area contributed by atoms with Crippen LogP contribution in [0.4, 0.5) is 27.6 Å². The van der Waals surface area contributed by atoms with Crippen LogP contribution in [0, 0.1) is 18.7 Å². The molecule has 0 saturated carbocycles. The van der Waals surface area contributed by atoms with Crippen LogP contribution >= 0.6 is 0 Å². The maximum Gasteiger partial charge on any atom is 0.419 e. The summed E-state index contributed by atoms with van der Waals surface area (Å²) in [5.74, 6) is -4.54. The van der Waals surface area contributed by atoms with Gasteiger partial charge in [-0.3, -0.25) is 4.79 Å². The average Bonchev–Trinajstić information content (AvgIpc) is 2.74. The van der Waals surface area contributed by atoms with Gasteiger partial charge in [-0.2, -0.15) is 17.6 Å². The van der Waals surface area contributed by atoms with Crippen molar-refractivity contribution >= 4 is 23.0 Å². The highest BCUT2D eigenvalue weighted by atomic mass is 32.2. The summed E-state index contributed by atoms with van der Waals surface area (Å²) < 4.78 is 87.8. The fourth-order valence-electron chi connectivity index (χ4n) is 2.82. The maximum absolute atomic E-state index is 14.9. The number of rotatable bonds is 6. The number of carbonyl (C=O) groups is 1. The summed E-state index contributed by atoms with van der Waals surface area (Å²) in [6, 6.07) is 8.94. The molecule has 0 radical (unpaired) electrons. The zero-order valence-electron chi connectivity index (χ0n) is 17.1. The lowest BCUT2D eigenvalue weighted by molar-refractivity contribution is -0.140. The van der Waals surface area contributed by atoms with E-state index in [9.17, 15) is 31.3 Å². The minimum absolute atomic E-state index is 0.0314. The van der Waals surface area contributed by atoms with Crippen molar-refractivity contribution in [2.24, 2.45) is 0 Å². The van der Waals surface area contributed by atoms with Crippen LogP contribution in [0.5, 0.6) is 11.5 Å². The van der Waals surface area contributed by atoms with Crippen molar-refractivity contribution in [3.63, 3.8) is 0 Å². The van der Waals surface area contributed by atoms with Gasteiger partial charge >= 0.3 is 6.18 Å². The van der Waals surface area contributed by atoms with Gasteiger partial charge in [-0.15, -0.1) is 4.72 Å². The van der Waals surface area contributed by atoms with Crippen LogP contribution in [0.15, 0.2) is 53.4 Å². The number of nitrogens with one attached hydrogen (secondary N) is 2. The van der Waals surface area contributed by atoms with Crippen LogP contribution in [-0.2, 0) is 17.5 Å². The topological polar surface area (TPSA) is 86.3 Å². The number of nitrogens with zero attached hydrogens (tertiary/aromatic N) is 1. The van der Waals surface area contributed by atoms with Crippen molar-refractivity contribution in [1.82, 2.24) is 9.71 Å². The highest BCUT2D eigenvalue weighted by Gasteiger charge is 2.37. The van der Waals surface area contributed by atoms with Gasteiger partial charge in [-0.1, -0.05) is 6.07 Å². The fourth-order valence-corrected chi connectivity index (χ4v) is 3.49. The number of aromatic nitrogens is 1. The summed E-state index contributed by atoms with van der Waals surface area (Å²) in [6.45, 7) is 1.37. The number of anilines is 1. The Bertz CT molecular complexity index is 1190. The normalized spacial score (nSPS) is 12.4. The first-order valence-corrected chi connectivity index (χ1v) is 10.4. The van der Waals surface area contributed by atoms with E-state index in [0.717, 1.165) is 18.2 Å². The van der Waals surface area contributed by atoms with E-state index in [1.54, 1.807) is 0 Å². The van der Waals surface area contributed by atoms with Crippen molar-refractivity contribution in [1.29, 1.82) is 0 Å². The van der Waals surface area contributed by atoms with E-state index >= 15 is 0 Å². The van der Waals surface area contributed by atoms with Gasteiger partial charge in [0.1, 0.15) is 17.1 Å². The van der Waals surface area contributed by atoms with Gasteiger partial charge in [-0.05, 0) is 43.3 Å². The Morgan fingerprint density at radius 1 is 1.09 bits per heavy atom. The van der Waals surface area contributed by atoms with E-state index in [2.05, 4.69) is 15.0 Å². The SMILES string of the molecule is CN[S+]([O-])c1cccc(NC(=O)c2c(Oc3ccc(F)nc3C)ccc(C(F)(F)F)c2F)c1. The van der Waals surface area contributed by atoms with E-state index < -0.39 is 52.1 Å². The van der Waals surface area contributed by atoms with Gasteiger partial charge in [0.25, 0.3) is 5.91 Å². The molecule has 0 aliphatic carbocycles. The molecule has 1 heterocycles. The van der Waals surface area contributed by atoms with E-state index in [4.69, 9.17) is 4.74 Å². The Labute approximate surface area is 188 Å². The van der Waals surface area contributed by atoms with Crippen LogP contribution in [0.2, 0.25) is 0 Å². The van der Waals surface area contributed by atoms with Crippen LogP contribution in [0.25, 0.3) is 0 Å². The summed E-state index contributed by atoms with van der Waals surface area (Å²) in [4.78, 5) is 16.6. The molecule has 1 aromatic heterocycles. The first-order valence-electron chi connectivity index (χ1n) is 9.22. The minimum atomic E-state index is -5.07. The second-order valence-electron chi connectivity index (χ2n) is 6.57. The summed E-state index contributed by atoms with van der Waals surface area (Å²) >= 11 is -1.60. The number of amides is 1. The molecule has 1 atom stereocenters. The number of hydrogen-bond donors (Lipinski definition) is 2. The van der Waals surface area contributed by atoms with Crippen LogP contribution in [0.1, 0.15) is 21.6 Å². The van der Waals surface area contributed by atoms with E-state index in [1.165, 1.54) is 38.2 Å². The van der Waals surface area contributed by atoms with Gasteiger partial charge in [-0.25, -0.2) is 9.37 Å². The second-order valence-corrected chi connectivity index (χ2v) is 7.99. The number of ether oxygens (including phenoxy) is 1. The molecular weight excluding hydrogens is 469 g/mol. The monoisotopic (exact) mass is 485 g/mol. The largest absolute Gasteiger partial charge is 0.593 e. The standard InChI is InChI=1S/C21H16F5N3O3S/c1-11-15(8-9-17(22)28-11)32-16-7-6-14(21(24,25)26)19(23)18(16)20(30)29-12-4-3-5-13(10-12)33(31)27-2/h3-10,27H,1-2H3,(H,29,30). The van der Waals surface area contributed by atoms with Crippen molar-refractivity contribution in [3.8, 4) is 11.5 Å². The Kier molecular flexibility index (Phi) is 7.20. The van der Waals surface area contributed by atoms with Crippen molar-refractivity contribution in [3.05, 3.63) is 77.1 Å². The number of aryl methyl sites for hydroxylation is 1. The summed E-state index contributed by atoms with van der Waals surface area (Å²) in [7, 11) is 1.44. The number of alkyl halides is 3. The van der Waals surface area contributed by atoms with Gasteiger partial charge < -0.3 is 14.6 Å². The molecule has 1 amide bonds. The first-order chi connectivity index (χ1) is 15.5. The Morgan fingerprint density at radius 3 is 2.42 bits per heavy atom. The molecule has 0 spiro atoms. The highest BCUT2D eigenvalue weighted by Crippen LogP contribution is 2.38. The fraction of sp³-hybridized carbons (Fsp3) is 0.143. The predicted octanol–water partition coefficient (Wildman–Crippen LogP) is 4.97. The molecule has 0 fully saturated rings. The molecule has 174 valence electrons. The zero-order chi connectivity index (χ0) is 24.3. The van der Waals surface area contributed by atoms with E-state index in [-0.39, 0.29) is 22.0 Å². The summed E-state index contributed by atoms with van der Waals surface area (Å²) in [5, 5.41) is 2.28. The molecule has 1 unspecified atom stereocenters. The Hall–Kier alpha value is -3.22. The van der Waals surface area contributed by atoms with Gasteiger partial charge in [0.15, 0.2) is 10.7 Å². The summed E-state index contributed by atoms with van der Waals surface area (Å²) in [6.07, 6.45) is -5.07. The number of benzene rings is 2. The third-order valence-corrected chi connectivity index (χ3v) is 5.40. The maximum atomic E-state index is 14.9. The van der Waals surface area contributed by atoms with Crippen LogP contribution in [0.3, 0.4) is 0 Å². The lowest BCUT2D eigenvalue weighted by Gasteiger charge is -2.17. The average molecular weight is 485 g/mol. The molecule has 0 aliphatic heterocycles. The molecule has 0 saturated heterocycles. The minimum Gasteiger partial charge on any atom is -0.593 e. The van der Waals surface area contributed by atoms with Crippen molar-refractivity contribution in [2.45, 2.75) is 18.0 Å². The molecule has 2 aromatic carbocycles. The van der Waals surface area contributed by atoms with Crippen LogP contribution < -0.4 is 14.8 Å². The van der Waals surface area contributed by atoms with Gasteiger partial charge in [0.05, 0.1) is 22.6 Å². The van der Waals surface area contributed by atoms with Gasteiger partial charge in [0, 0.05) is 18.8 Å². The molecule has 6 nitrogen and oxygen atoms in total. The molecule has 3 aromatic rings. The zero-order valence-corrected chi connectivity index (χ0v) is 17.9. The third-order valence-electron chi connectivity index (χ3n) is 4.35. The first kappa shape index (κ1) is 24.4. The predicted molar refractivity (Wildman–Crippen MR) is 110 cm³/mol. The highest BCUT2D eigenvalue weighted by molar-refractivity contribution is 7.89. The number of halogens is 5. The Balaban J connectivity index is 2.04. The summed E-state index contributed by atoms with van der Waals surface area (Å²) in [5.41, 5.74) is -2.60. The number of hydrogen-bond acceptors (Lipinski definition) is 5. The quantitative estimate of drug-likeness (QED) is 0.292.